The van der Waals surface area contributed by atoms with Crippen LogP contribution in [0.15, 0.2) is 54.6 Å². The maximum Gasteiger partial charge on any atom is 0.254 e. The third-order valence-electron chi connectivity index (χ3n) is 4.51. The summed E-state index contributed by atoms with van der Waals surface area (Å²) < 4.78 is 0. The second-order valence-corrected chi connectivity index (χ2v) is 6.42. The van der Waals surface area contributed by atoms with Gasteiger partial charge in [-0.1, -0.05) is 30.3 Å². The van der Waals surface area contributed by atoms with E-state index in [0.29, 0.717) is 11.3 Å². The van der Waals surface area contributed by atoms with Gasteiger partial charge >= 0.3 is 0 Å². The predicted molar refractivity (Wildman–Crippen MR) is 98.2 cm³/mol. The van der Waals surface area contributed by atoms with Gasteiger partial charge in [-0.05, 0) is 49.6 Å². The van der Waals surface area contributed by atoms with Crippen LogP contribution in [-0.2, 0) is 4.79 Å². The van der Waals surface area contributed by atoms with Crippen molar-refractivity contribution in [2.45, 2.75) is 31.8 Å². The minimum atomic E-state index is -0.572. The van der Waals surface area contributed by atoms with Crippen molar-refractivity contribution in [1.29, 1.82) is 0 Å². The first kappa shape index (κ1) is 17.2. The quantitative estimate of drug-likeness (QED) is 0.900. The number of hydrogen-bond donors (Lipinski definition) is 2. The van der Waals surface area contributed by atoms with E-state index in [4.69, 9.17) is 5.73 Å². The zero-order valence-electron chi connectivity index (χ0n) is 14.3. The maximum absolute atomic E-state index is 12.9. The van der Waals surface area contributed by atoms with Crippen molar-refractivity contribution < 1.29 is 9.59 Å². The van der Waals surface area contributed by atoms with Gasteiger partial charge < -0.3 is 16.0 Å². The fourth-order valence-electron chi connectivity index (χ4n) is 3.15. The first-order valence-electron chi connectivity index (χ1n) is 8.58. The molecule has 0 radical (unpaired) electrons. The summed E-state index contributed by atoms with van der Waals surface area (Å²) in [6, 6.07) is 16.7. The normalized spacial score (nSPS) is 18.0. The molecule has 1 unspecified atom stereocenters. The topological polar surface area (TPSA) is 75.4 Å². The Morgan fingerprint density at radius 2 is 1.80 bits per heavy atom. The third kappa shape index (κ3) is 3.88. The molecule has 2 aromatic carbocycles. The number of carbonyl (C=O) groups is 2. The van der Waals surface area contributed by atoms with Gasteiger partial charge in [-0.25, -0.2) is 0 Å². The smallest absolute Gasteiger partial charge is 0.254 e. The highest BCUT2D eigenvalue weighted by molar-refractivity contribution is 5.97. The molecule has 1 heterocycles. The Kier molecular flexibility index (Phi) is 5.14. The van der Waals surface area contributed by atoms with E-state index in [0.717, 1.165) is 19.4 Å². The second-order valence-electron chi connectivity index (χ2n) is 6.42. The molecule has 3 N–H and O–H groups in total. The van der Waals surface area contributed by atoms with E-state index in [-0.39, 0.29) is 17.9 Å². The van der Waals surface area contributed by atoms with E-state index in [9.17, 15) is 9.59 Å². The first-order chi connectivity index (χ1) is 12.1. The van der Waals surface area contributed by atoms with E-state index in [1.165, 1.54) is 5.56 Å². The molecular weight excluding hydrogens is 314 g/mol. The van der Waals surface area contributed by atoms with Gasteiger partial charge in [-0.15, -0.1) is 0 Å². The highest BCUT2D eigenvalue weighted by Crippen LogP contribution is 2.33. The Balaban J connectivity index is 1.73. The minimum absolute atomic E-state index is 0.0245. The van der Waals surface area contributed by atoms with Gasteiger partial charge in [-0.3, -0.25) is 9.59 Å². The summed E-state index contributed by atoms with van der Waals surface area (Å²) in [5.41, 5.74) is 7.98. The summed E-state index contributed by atoms with van der Waals surface area (Å²) in [6.45, 7) is 2.39. The summed E-state index contributed by atoms with van der Waals surface area (Å²) >= 11 is 0. The van der Waals surface area contributed by atoms with Gasteiger partial charge in [0, 0.05) is 17.8 Å². The SMILES string of the molecule is C[C@H](N)C(=O)Nc1ccc(C(=O)N2CCCC2c2ccccc2)cc1. The van der Waals surface area contributed by atoms with Crippen LogP contribution in [-0.4, -0.2) is 29.3 Å². The molecule has 3 rings (SSSR count). The molecule has 2 amide bonds. The number of likely N-dealkylation sites (tertiary alicyclic amines) is 1. The highest BCUT2D eigenvalue weighted by Gasteiger charge is 2.30. The lowest BCUT2D eigenvalue weighted by molar-refractivity contribution is -0.117. The molecule has 25 heavy (non-hydrogen) atoms. The van der Waals surface area contributed by atoms with Crippen molar-refractivity contribution in [1.82, 2.24) is 4.90 Å². The van der Waals surface area contributed by atoms with Gasteiger partial charge in [0.1, 0.15) is 0 Å². The van der Waals surface area contributed by atoms with Crippen LogP contribution in [0.4, 0.5) is 5.69 Å². The number of hydrogen-bond acceptors (Lipinski definition) is 3. The van der Waals surface area contributed by atoms with Gasteiger partial charge in [-0.2, -0.15) is 0 Å². The molecule has 0 aliphatic carbocycles. The highest BCUT2D eigenvalue weighted by atomic mass is 16.2. The Morgan fingerprint density at radius 1 is 1.12 bits per heavy atom. The van der Waals surface area contributed by atoms with Crippen LogP contribution in [0.2, 0.25) is 0 Å². The van der Waals surface area contributed by atoms with Gasteiger partial charge in [0.2, 0.25) is 5.91 Å². The van der Waals surface area contributed by atoms with Gasteiger partial charge in [0.05, 0.1) is 12.1 Å². The van der Waals surface area contributed by atoms with E-state index in [1.807, 2.05) is 23.1 Å². The fourth-order valence-corrected chi connectivity index (χ4v) is 3.15. The minimum Gasteiger partial charge on any atom is -0.332 e. The van der Waals surface area contributed by atoms with Crippen LogP contribution in [0.3, 0.4) is 0 Å². The van der Waals surface area contributed by atoms with Crippen molar-refractivity contribution in [3.05, 3.63) is 65.7 Å². The van der Waals surface area contributed by atoms with Crippen LogP contribution in [0.5, 0.6) is 0 Å². The summed E-state index contributed by atoms with van der Waals surface area (Å²) in [5.74, 6) is -0.223. The number of nitrogens with two attached hydrogens (primary N) is 1. The summed E-state index contributed by atoms with van der Waals surface area (Å²) in [4.78, 5) is 26.5. The average molecular weight is 337 g/mol. The number of nitrogens with one attached hydrogen (secondary N) is 1. The first-order valence-corrected chi connectivity index (χ1v) is 8.58. The molecule has 5 nitrogen and oxygen atoms in total. The molecule has 2 atom stereocenters. The number of rotatable bonds is 4. The number of benzene rings is 2. The molecule has 2 aromatic rings. The predicted octanol–water partition coefficient (Wildman–Crippen LogP) is 2.95. The van der Waals surface area contributed by atoms with Crippen molar-refractivity contribution in [2.24, 2.45) is 5.73 Å². The van der Waals surface area contributed by atoms with E-state index in [1.54, 1.807) is 31.2 Å². The number of carbonyl (C=O) groups excluding carboxylic acids is 2. The molecule has 1 saturated heterocycles. The van der Waals surface area contributed by atoms with E-state index >= 15 is 0 Å². The Labute approximate surface area is 147 Å². The number of nitrogens with zero attached hydrogens (tertiary/aromatic N) is 1. The molecule has 130 valence electrons. The summed E-state index contributed by atoms with van der Waals surface area (Å²) in [6.07, 6.45) is 1.99. The summed E-state index contributed by atoms with van der Waals surface area (Å²) in [5, 5.41) is 2.72. The lowest BCUT2D eigenvalue weighted by atomic mass is 10.0. The molecule has 1 fully saturated rings. The zero-order valence-corrected chi connectivity index (χ0v) is 14.3. The number of anilines is 1. The van der Waals surface area contributed by atoms with Crippen LogP contribution < -0.4 is 11.1 Å². The van der Waals surface area contributed by atoms with E-state index < -0.39 is 6.04 Å². The molecular formula is C20H23N3O2. The van der Waals surface area contributed by atoms with Crippen LogP contribution in [0.1, 0.15) is 41.7 Å². The van der Waals surface area contributed by atoms with Crippen molar-refractivity contribution >= 4 is 17.5 Å². The third-order valence-corrected chi connectivity index (χ3v) is 4.51. The van der Waals surface area contributed by atoms with Crippen LogP contribution in [0.25, 0.3) is 0 Å². The molecule has 0 bridgehead atoms. The lowest BCUT2D eigenvalue weighted by Gasteiger charge is -2.25. The lowest BCUT2D eigenvalue weighted by Crippen LogP contribution is -2.32. The fraction of sp³-hybridized carbons (Fsp3) is 0.300. The molecule has 0 aromatic heterocycles. The van der Waals surface area contributed by atoms with Crippen molar-refractivity contribution in [2.75, 3.05) is 11.9 Å². The maximum atomic E-state index is 12.9. The second kappa shape index (κ2) is 7.49. The Bertz CT molecular complexity index is 741. The Hall–Kier alpha value is -2.66. The largest absolute Gasteiger partial charge is 0.332 e. The van der Waals surface area contributed by atoms with Gasteiger partial charge in [0.15, 0.2) is 0 Å². The molecule has 1 aliphatic heterocycles. The van der Waals surface area contributed by atoms with E-state index in [2.05, 4.69) is 17.4 Å². The average Bonchev–Trinajstić information content (AvgIpc) is 3.12. The van der Waals surface area contributed by atoms with Crippen molar-refractivity contribution in [3.63, 3.8) is 0 Å². The standard InChI is InChI=1S/C20H23N3O2/c1-14(21)19(24)22-17-11-9-16(10-12-17)20(25)23-13-5-8-18(23)15-6-3-2-4-7-15/h2-4,6-7,9-12,14,18H,5,8,13,21H2,1H3,(H,22,24)/t14-,18?/m0/s1. The monoisotopic (exact) mass is 337 g/mol. The molecule has 0 saturated carbocycles. The number of amides is 2. The van der Waals surface area contributed by atoms with Gasteiger partial charge in [0.25, 0.3) is 5.91 Å². The molecule has 1 aliphatic rings. The molecule has 0 spiro atoms. The van der Waals surface area contributed by atoms with Crippen molar-refractivity contribution in [3.8, 4) is 0 Å². The van der Waals surface area contributed by atoms with Crippen LogP contribution >= 0.6 is 0 Å². The molecule has 5 heteroatoms. The Morgan fingerprint density at radius 3 is 2.44 bits per heavy atom. The summed E-state index contributed by atoms with van der Waals surface area (Å²) in [7, 11) is 0. The van der Waals surface area contributed by atoms with Crippen LogP contribution in [0, 0.1) is 0 Å². The zero-order chi connectivity index (χ0) is 17.8.